The minimum absolute atomic E-state index is 0.00918. The van der Waals surface area contributed by atoms with E-state index in [1.165, 1.54) is 0 Å². The van der Waals surface area contributed by atoms with Crippen molar-refractivity contribution in [2.75, 3.05) is 6.61 Å². The van der Waals surface area contributed by atoms with E-state index in [1.807, 2.05) is 94.4 Å². The van der Waals surface area contributed by atoms with E-state index in [4.69, 9.17) is 16.3 Å². The van der Waals surface area contributed by atoms with Crippen molar-refractivity contribution in [1.82, 2.24) is 10.2 Å². The first-order valence-electron chi connectivity index (χ1n) is 12.3. The molecule has 6 heteroatoms. The van der Waals surface area contributed by atoms with E-state index in [-0.39, 0.29) is 31.0 Å². The number of carbonyl (C=O) groups is 2. The summed E-state index contributed by atoms with van der Waals surface area (Å²) in [6, 6.07) is 22.3. The van der Waals surface area contributed by atoms with Crippen LogP contribution in [0.3, 0.4) is 0 Å². The van der Waals surface area contributed by atoms with Gasteiger partial charge in [0.25, 0.3) is 5.91 Å². The molecule has 0 radical (unpaired) electrons. The fraction of sp³-hybridized carbons (Fsp3) is 0.333. The second-order valence-electron chi connectivity index (χ2n) is 9.23. The van der Waals surface area contributed by atoms with Gasteiger partial charge < -0.3 is 15.0 Å². The molecule has 0 unspecified atom stereocenters. The van der Waals surface area contributed by atoms with E-state index in [1.54, 1.807) is 11.0 Å². The van der Waals surface area contributed by atoms with Gasteiger partial charge in [-0.25, -0.2) is 0 Å². The van der Waals surface area contributed by atoms with Gasteiger partial charge >= 0.3 is 0 Å². The fourth-order valence-electron chi connectivity index (χ4n) is 3.91. The van der Waals surface area contributed by atoms with E-state index in [9.17, 15) is 9.59 Å². The Morgan fingerprint density at radius 3 is 2.39 bits per heavy atom. The summed E-state index contributed by atoms with van der Waals surface area (Å²) in [5, 5.41) is 3.65. The summed E-state index contributed by atoms with van der Waals surface area (Å²) in [6.07, 6.45) is 1.18. The molecule has 1 N–H and O–H groups in total. The second kappa shape index (κ2) is 13.1. The van der Waals surface area contributed by atoms with Crippen molar-refractivity contribution in [2.24, 2.45) is 0 Å². The molecular formula is C30H35ClN2O3. The Balaban J connectivity index is 1.93. The first-order chi connectivity index (χ1) is 17.3. The number of nitrogens with zero attached hydrogens (tertiary/aromatic N) is 1. The minimum atomic E-state index is -0.713. The molecule has 3 aromatic rings. The van der Waals surface area contributed by atoms with Crippen LogP contribution in [0, 0.1) is 13.8 Å². The molecule has 0 saturated carbocycles. The SMILES string of the molecule is CC[C@H](C)NC(=O)[C@H](Cc1ccccc1)N(Cc1cccc(Cl)c1)C(=O)COc1cc(C)ccc1C. The summed E-state index contributed by atoms with van der Waals surface area (Å²) >= 11 is 6.23. The largest absolute Gasteiger partial charge is 0.483 e. The lowest BCUT2D eigenvalue weighted by Crippen LogP contribution is -2.53. The van der Waals surface area contributed by atoms with Gasteiger partial charge in [-0.05, 0) is 67.6 Å². The third-order valence-electron chi connectivity index (χ3n) is 6.21. The normalized spacial score (nSPS) is 12.5. The third kappa shape index (κ3) is 7.85. The molecule has 0 aliphatic carbocycles. The molecule has 3 rings (SSSR count). The first-order valence-corrected chi connectivity index (χ1v) is 12.7. The van der Waals surface area contributed by atoms with Crippen LogP contribution in [0.4, 0.5) is 0 Å². The number of hydrogen-bond acceptors (Lipinski definition) is 3. The maximum absolute atomic E-state index is 13.7. The van der Waals surface area contributed by atoms with Gasteiger partial charge in [-0.15, -0.1) is 0 Å². The Morgan fingerprint density at radius 2 is 1.69 bits per heavy atom. The Kier molecular flexibility index (Phi) is 9.95. The molecule has 190 valence electrons. The van der Waals surface area contributed by atoms with Crippen LogP contribution < -0.4 is 10.1 Å². The highest BCUT2D eigenvalue weighted by molar-refractivity contribution is 6.30. The standard InChI is InChI=1S/C30H35ClN2O3/c1-5-23(4)32-30(35)27(18-24-10-7-6-8-11-24)33(19-25-12-9-13-26(31)17-25)29(34)20-36-28-16-21(2)14-15-22(28)3/h6-17,23,27H,5,18-20H2,1-4H3,(H,32,35)/t23-,27-/m0/s1. The smallest absolute Gasteiger partial charge is 0.261 e. The zero-order valence-corrected chi connectivity index (χ0v) is 22.2. The average molecular weight is 507 g/mol. The molecule has 0 spiro atoms. The molecule has 0 aromatic heterocycles. The summed E-state index contributed by atoms with van der Waals surface area (Å²) in [5.74, 6) is 0.209. The molecule has 0 aliphatic rings. The topological polar surface area (TPSA) is 58.6 Å². The van der Waals surface area contributed by atoms with Crippen LogP contribution in [0.1, 0.15) is 42.5 Å². The zero-order chi connectivity index (χ0) is 26.1. The van der Waals surface area contributed by atoms with Crippen molar-refractivity contribution < 1.29 is 14.3 Å². The number of benzene rings is 3. The molecule has 0 bridgehead atoms. The van der Waals surface area contributed by atoms with Gasteiger partial charge in [-0.1, -0.05) is 73.1 Å². The number of carbonyl (C=O) groups excluding carboxylic acids is 2. The maximum atomic E-state index is 13.7. The van der Waals surface area contributed by atoms with Crippen LogP contribution >= 0.6 is 11.6 Å². The quantitative estimate of drug-likeness (QED) is 0.352. The van der Waals surface area contributed by atoms with Gasteiger partial charge in [0.05, 0.1) is 0 Å². The monoisotopic (exact) mass is 506 g/mol. The number of ether oxygens (including phenoxy) is 1. The number of nitrogens with one attached hydrogen (secondary N) is 1. The lowest BCUT2D eigenvalue weighted by molar-refractivity contribution is -0.143. The Bertz CT molecular complexity index is 1170. The van der Waals surface area contributed by atoms with Crippen LogP contribution in [0.25, 0.3) is 0 Å². The van der Waals surface area contributed by atoms with Crippen molar-refractivity contribution in [2.45, 2.75) is 59.2 Å². The zero-order valence-electron chi connectivity index (χ0n) is 21.5. The van der Waals surface area contributed by atoms with Gasteiger partial charge in [-0.3, -0.25) is 9.59 Å². The molecule has 0 saturated heterocycles. The van der Waals surface area contributed by atoms with E-state index in [0.29, 0.717) is 17.2 Å². The molecular weight excluding hydrogens is 472 g/mol. The van der Waals surface area contributed by atoms with Crippen molar-refractivity contribution in [3.8, 4) is 5.75 Å². The van der Waals surface area contributed by atoms with Crippen molar-refractivity contribution in [1.29, 1.82) is 0 Å². The number of hydrogen-bond donors (Lipinski definition) is 1. The molecule has 5 nitrogen and oxygen atoms in total. The van der Waals surface area contributed by atoms with Gasteiger partial charge in [0, 0.05) is 24.0 Å². The minimum Gasteiger partial charge on any atom is -0.483 e. The lowest BCUT2D eigenvalue weighted by Gasteiger charge is -2.32. The summed E-state index contributed by atoms with van der Waals surface area (Å²) in [6.45, 7) is 7.97. The molecule has 36 heavy (non-hydrogen) atoms. The number of amides is 2. The first kappa shape index (κ1) is 27.3. The maximum Gasteiger partial charge on any atom is 0.261 e. The lowest BCUT2D eigenvalue weighted by atomic mass is 10.0. The molecule has 3 aromatic carbocycles. The highest BCUT2D eigenvalue weighted by Crippen LogP contribution is 2.21. The van der Waals surface area contributed by atoms with Gasteiger partial charge in [0.2, 0.25) is 5.91 Å². The highest BCUT2D eigenvalue weighted by Gasteiger charge is 2.31. The van der Waals surface area contributed by atoms with Crippen LogP contribution in [-0.2, 0) is 22.6 Å². The summed E-state index contributed by atoms with van der Waals surface area (Å²) in [7, 11) is 0. The molecule has 0 aliphatic heterocycles. The van der Waals surface area contributed by atoms with Gasteiger partial charge in [-0.2, -0.15) is 0 Å². The molecule has 0 heterocycles. The van der Waals surface area contributed by atoms with Crippen LogP contribution in [-0.4, -0.2) is 35.4 Å². The summed E-state index contributed by atoms with van der Waals surface area (Å²) < 4.78 is 5.96. The molecule has 0 fully saturated rings. The van der Waals surface area contributed by atoms with Crippen molar-refractivity contribution in [3.63, 3.8) is 0 Å². The Morgan fingerprint density at radius 1 is 0.972 bits per heavy atom. The van der Waals surface area contributed by atoms with Gasteiger partial charge in [0.1, 0.15) is 11.8 Å². The van der Waals surface area contributed by atoms with E-state index >= 15 is 0 Å². The van der Waals surface area contributed by atoms with Gasteiger partial charge in [0.15, 0.2) is 6.61 Å². The predicted octanol–water partition coefficient (Wildman–Crippen LogP) is 5.89. The third-order valence-corrected chi connectivity index (χ3v) is 6.44. The molecule has 2 atom stereocenters. The fourth-order valence-corrected chi connectivity index (χ4v) is 4.13. The average Bonchev–Trinajstić information content (AvgIpc) is 2.87. The van der Waals surface area contributed by atoms with Crippen molar-refractivity contribution >= 4 is 23.4 Å². The Hall–Kier alpha value is -3.31. The Labute approximate surface area is 219 Å². The molecule has 2 amide bonds. The van der Waals surface area contributed by atoms with E-state index in [2.05, 4.69) is 5.32 Å². The number of halogens is 1. The number of aryl methyl sites for hydroxylation is 2. The van der Waals surface area contributed by atoms with Crippen LogP contribution in [0.2, 0.25) is 5.02 Å². The number of rotatable bonds is 11. The second-order valence-corrected chi connectivity index (χ2v) is 9.67. The van der Waals surface area contributed by atoms with E-state index < -0.39 is 6.04 Å². The van der Waals surface area contributed by atoms with E-state index in [0.717, 1.165) is 28.7 Å². The predicted molar refractivity (Wildman–Crippen MR) is 145 cm³/mol. The summed E-state index contributed by atoms with van der Waals surface area (Å²) in [5.41, 5.74) is 3.82. The van der Waals surface area contributed by atoms with Crippen LogP contribution in [0.15, 0.2) is 72.8 Å². The van der Waals surface area contributed by atoms with Crippen LogP contribution in [0.5, 0.6) is 5.75 Å². The van der Waals surface area contributed by atoms with Crippen molar-refractivity contribution in [3.05, 3.63) is 100 Å². The highest BCUT2D eigenvalue weighted by atomic mass is 35.5. The summed E-state index contributed by atoms with van der Waals surface area (Å²) in [4.78, 5) is 28.8.